The van der Waals surface area contributed by atoms with Crippen LogP contribution < -0.4 is 11.0 Å². The highest BCUT2D eigenvalue weighted by Gasteiger charge is 2.42. The molecular formula is C13H18FN3O5. The third kappa shape index (κ3) is 3.16. The molecule has 1 amide bonds. The number of amides is 1. The van der Waals surface area contributed by atoms with Crippen molar-refractivity contribution in [1.82, 2.24) is 9.55 Å². The zero-order valence-electron chi connectivity index (χ0n) is 12.2. The Balaban J connectivity index is 2.27. The van der Waals surface area contributed by atoms with Crippen LogP contribution in [0.2, 0.25) is 0 Å². The topological polar surface area (TPSA) is 114 Å². The third-order valence-electron chi connectivity index (χ3n) is 3.39. The molecule has 1 aromatic rings. The molecule has 0 aliphatic carbocycles. The van der Waals surface area contributed by atoms with Gasteiger partial charge in [0.25, 0.3) is 0 Å². The summed E-state index contributed by atoms with van der Waals surface area (Å²) in [5.74, 6) is -1.86. The first-order valence-electron chi connectivity index (χ1n) is 6.95. The normalized spacial score (nSPS) is 27.9. The minimum Gasteiger partial charge on any atom is -0.388 e. The van der Waals surface area contributed by atoms with E-state index < -0.39 is 47.8 Å². The van der Waals surface area contributed by atoms with Crippen molar-refractivity contribution in [2.45, 2.75) is 51.2 Å². The number of nitrogens with one attached hydrogen (secondary N) is 1. The SMILES string of the molecule is CCCC(=O)Nc1nc(=O)n([C@@H]2O[C@H](C)[C@@H](O)[C@H]2O)cc1F. The van der Waals surface area contributed by atoms with E-state index in [-0.39, 0.29) is 6.42 Å². The van der Waals surface area contributed by atoms with Crippen LogP contribution in [0, 0.1) is 5.82 Å². The second kappa shape index (κ2) is 6.51. The van der Waals surface area contributed by atoms with Gasteiger partial charge in [-0.15, -0.1) is 0 Å². The zero-order valence-corrected chi connectivity index (χ0v) is 12.2. The second-order valence-electron chi connectivity index (χ2n) is 5.14. The molecule has 0 saturated carbocycles. The first kappa shape index (κ1) is 16.5. The molecule has 3 N–H and O–H groups in total. The van der Waals surface area contributed by atoms with Crippen LogP contribution in [-0.2, 0) is 9.53 Å². The lowest BCUT2D eigenvalue weighted by molar-refractivity contribution is -0.116. The molecular weight excluding hydrogens is 297 g/mol. The molecule has 0 aromatic carbocycles. The summed E-state index contributed by atoms with van der Waals surface area (Å²) in [6, 6.07) is 0. The lowest BCUT2D eigenvalue weighted by Crippen LogP contribution is -2.36. The summed E-state index contributed by atoms with van der Waals surface area (Å²) in [7, 11) is 0. The number of hydrogen-bond acceptors (Lipinski definition) is 6. The Morgan fingerprint density at radius 1 is 1.50 bits per heavy atom. The Labute approximate surface area is 125 Å². The van der Waals surface area contributed by atoms with Crippen LogP contribution in [0.1, 0.15) is 32.9 Å². The molecule has 2 rings (SSSR count). The van der Waals surface area contributed by atoms with E-state index in [1.54, 1.807) is 6.92 Å². The first-order chi connectivity index (χ1) is 10.3. The van der Waals surface area contributed by atoms with Crippen molar-refractivity contribution in [3.05, 3.63) is 22.5 Å². The Morgan fingerprint density at radius 3 is 2.73 bits per heavy atom. The molecule has 8 nitrogen and oxygen atoms in total. The van der Waals surface area contributed by atoms with E-state index in [1.165, 1.54) is 6.92 Å². The summed E-state index contributed by atoms with van der Waals surface area (Å²) >= 11 is 0. The number of nitrogens with zero attached hydrogens (tertiary/aromatic N) is 2. The highest BCUT2D eigenvalue weighted by molar-refractivity contribution is 5.89. The third-order valence-corrected chi connectivity index (χ3v) is 3.39. The molecule has 2 heterocycles. The van der Waals surface area contributed by atoms with Gasteiger partial charge >= 0.3 is 5.69 Å². The van der Waals surface area contributed by atoms with Gasteiger partial charge in [0.2, 0.25) is 5.91 Å². The van der Waals surface area contributed by atoms with Gasteiger partial charge in [0.05, 0.1) is 12.3 Å². The number of aromatic nitrogens is 2. The average molecular weight is 315 g/mol. The molecule has 0 unspecified atom stereocenters. The highest BCUT2D eigenvalue weighted by Crippen LogP contribution is 2.28. The van der Waals surface area contributed by atoms with E-state index in [0.717, 1.165) is 10.8 Å². The van der Waals surface area contributed by atoms with E-state index in [0.29, 0.717) is 6.42 Å². The summed E-state index contributed by atoms with van der Waals surface area (Å²) in [5, 5.41) is 21.7. The van der Waals surface area contributed by atoms with Gasteiger partial charge in [-0.05, 0) is 13.3 Å². The fourth-order valence-electron chi connectivity index (χ4n) is 2.19. The maximum atomic E-state index is 14.0. The summed E-state index contributed by atoms with van der Waals surface area (Å²) in [5.41, 5.74) is -0.904. The van der Waals surface area contributed by atoms with Gasteiger partial charge < -0.3 is 20.3 Å². The van der Waals surface area contributed by atoms with Crippen molar-refractivity contribution in [2.75, 3.05) is 5.32 Å². The lowest BCUT2D eigenvalue weighted by Gasteiger charge is -2.17. The molecule has 0 radical (unpaired) electrons. The van der Waals surface area contributed by atoms with E-state index in [2.05, 4.69) is 10.3 Å². The summed E-state index contributed by atoms with van der Waals surface area (Å²) in [4.78, 5) is 26.8. The fraction of sp³-hybridized carbons (Fsp3) is 0.615. The smallest absolute Gasteiger partial charge is 0.351 e. The Kier molecular flexibility index (Phi) is 4.89. The van der Waals surface area contributed by atoms with Crippen LogP contribution in [-0.4, -0.2) is 44.0 Å². The Bertz CT molecular complexity index is 620. The van der Waals surface area contributed by atoms with E-state index >= 15 is 0 Å². The number of rotatable bonds is 4. The molecule has 22 heavy (non-hydrogen) atoms. The van der Waals surface area contributed by atoms with E-state index in [1.807, 2.05) is 0 Å². The lowest BCUT2D eigenvalue weighted by atomic mass is 10.1. The van der Waals surface area contributed by atoms with Gasteiger partial charge in [0, 0.05) is 6.42 Å². The van der Waals surface area contributed by atoms with Crippen LogP contribution in [0.3, 0.4) is 0 Å². The monoisotopic (exact) mass is 315 g/mol. The molecule has 1 aliphatic heterocycles. The van der Waals surface area contributed by atoms with Gasteiger partial charge in [-0.3, -0.25) is 9.36 Å². The zero-order chi connectivity index (χ0) is 16.4. The summed E-state index contributed by atoms with van der Waals surface area (Å²) in [6.07, 6.45) is -2.98. The number of hydrogen-bond donors (Lipinski definition) is 3. The van der Waals surface area contributed by atoms with Crippen molar-refractivity contribution in [1.29, 1.82) is 0 Å². The van der Waals surface area contributed by atoms with E-state index in [4.69, 9.17) is 4.74 Å². The Hall–Kier alpha value is -1.84. The van der Waals surface area contributed by atoms with Crippen LogP contribution in [0.5, 0.6) is 0 Å². The first-order valence-corrected chi connectivity index (χ1v) is 6.95. The van der Waals surface area contributed by atoms with Gasteiger partial charge in [0.1, 0.15) is 12.2 Å². The minimum absolute atomic E-state index is 0.179. The van der Waals surface area contributed by atoms with Crippen molar-refractivity contribution >= 4 is 11.7 Å². The predicted molar refractivity (Wildman–Crippen MR) is 73.6 cm³/mol. The van der Waals surface area contributed by atoms with Crippen molar-refractivity contribution in [3.8, 4) is 0 Å². The second-order valence-corrected chi connectivity index (χ2v) is 5.14. The Morgan fingerprint density at radius 2 is 2.18 bits per heavy atom. The quantitative estimate of drug-likeness (QED) is 0.706. The van der Waals surface area contributed by atoms with Crippen LogP contribution in [0.25, 0.3) is 0 Å². The number of carbonyl (C=O) groups is 1. The molecule has 4 atom stereocenters. The molecule has 1 saturated heterocycles. The standard InChI is InChI=1S/C13H18FN3O5/c1-3-4-8(18)15-11-7(14)5-17(13(21)16-11)12-10(20)9(19)6(2)22-12/h5-6,9-10,12,19-20H,3-4H2,1-2H3,(H,15,16,18,21)/t6-,9-,10-,12-/m1/s1. The molecule has 0 spiro atoms. The number of halogens is 1. The van der Waals surface area contributed by atoms with Crippen molar-refractivity contribution in [3.63, 3.8) is 0 Å². The van der Waals surface area contributed by atoms with Crippen molar-refractivity contribution in [2.24, 2.45) is 0 Å². The molecule has 9 heteroatoms. The molecule has 1 aromatic heterocycles. The van der Waals surface area contributed by atoms with Crippen LogP contribution in [0.4, 0.5) is 10.2 Å². The number of anilines is 1. The number of aliphatic hydroxyl groups is 2. The van der Waals surface area contributed by atoms with Crippen molar-refractivity contribution < 1.29 is 24.1 Å². The molecule has 0 bridgehead atoms. The van der Waals surface area contributed by atoms with Gasteiger partial charge in [0.15, 0.2) is 17.9 Å². The van der Waals surface area contributed by atoms with E-state index in [9.17, 15) is 24.2 Å². The summed E-state index contributed by atoms with van der Waals surface area (Å²) < 4.78 is 20.0. The largest absolute Gasteiger partial charge is 0.388 e. The van der Waals surface area contributed by atoms with Crippen LogP contribution >= 0.6 is 0 Å². The van der Waals surface area contributed by atoms with Crippen LogP contribution in [0.15, 0.2) is 11.0 Å². The predicted octanol–water partition coefficient (Wildman–Crippen LogP) is -0.240. The minimum atomic E-state index is -1.38. The summed E-state index contributed by atoms with van der Waals surface area (Å²) in [6.45, 7) is 3.30. The number of aliphatic hydroxyl groups excluding tert-OH is 2. The van der Waals surface area contributed by atoms with Gasteiger partial charge in [-0.1, -0.05) is 6.92 Å². The fourth-order valence-corrected chi connectivity index (χ4v) is 2.19. The maximum Gasteiger partial charge on any atom is 0.351 e. The van der Waals surface area contributed by atoms with Gasteiger partial charge in [-0.2, -0.15) is 4.98 Å². The average Bonchev–Trinajstić information content (AvgIpc) is 2.70. The highest BCUT2D eigenvalue weighted by atomic mass is 19.1. The van der Waals surface area contributed by atoms with Gasteiger partial charge in [-0.25, -0.2) is 9.18 Å². The number of carbonyl (C=O) groups excluding carboxylic acids is 1. The molecule has 1 fully saturated rings. The number of ether oxygens (including phenoxy) is 1. The maximum absolute atomic E-state index is 14.0. The molecule has 1 aliphatic rings. The molecule has 122 valence electrons.